The van der Waals surface area contributed by atoms with Crippen molar-refractivity contribution in [1.29, 1.82) is 0 Å². The summed E-state index contributed by atoms with van der Waals surface area (Å²) in [5.41, 5.74) is 0.247. The summed E-state index contributed by atoms with van der Waals surface area (Å²) in [6.07, 6.45) is 0. The average molecular weight is 398 g/mol. The van der Waals surface area contributed by atoms with Crippen molar-refractivity contribution in [2.75, 3.05) is 30.9 Å². The van der Waals surface area contributed by atoms with Crippen LogP contribution in [0, 0.1) is 0 Å². The molecule has 0 bridgehead atoms. The van der Waals surface area contributed by atoms with Crippen molar-refractivity contribution in [3.8, 4) is 0 Å². The van der Waals surface area contributed by atoms with Gasteiger partial charge in [-0.05, 0) is 48.7 Å². The summed E-state index contributed by atoms with van der Waals surface area (Å²) < 4.78 is 1.06. The minimum absolute atomic E-state index is 0.0638. The number of benzene rings is 2. The van der Waals surface area contributed by atoms with Crippen LogP contribution < -0.4 is 15.5 Å². The molecule has 0 aliphatic carbocycles. The van der Waals surface area contributed by atoms with E-state index < -0.39 is 17.4 Å². The van der Waals surface area contributed by atoms with E-state index >= 15 is 0 Å². The van der Waals surface area contributed by atoms with Gasteiger partial charge in [0, 0.05) is 35.0 Å². The van der Waals surface area contributed by atoms with E-state index in [0.717, 1.165) is 20.7 Å². The Bertz CT molecular complexity index is 961. The zero-order chi connectivity index (χ0) is 20.3. The second kappa shape index (κ2) is 8.00. The van der Waals surface area contributed by atoms with E-state index in [1.807, 2.05) is 61.5 Å². The molecular weight excluding hydrogens is 374 g/mol. The number of hydrogen-bond donors (Lipinski definition) is 3. The van der Waals surface area contributed by atoms with E-state index in [1.54, 1.807) is 19.1 Å². The van der Waals surface area contributed by atoms with Crippen molar-refractivity contribution in [1.82, 2.24) is 5.32 Å². The van der Waals surface area contributed by atoms with E-state index in [1.165, 1.54) is 11.3 Å². The molecule has 0 aliphatic rings. The molecule has 0 saturated carbocycles. The molecule has 1 atom stereocenters. The topological polar surface area (TPSA) is 81.7 Å². The van der Waals surface area contributed by atoms with Gasteiger partial charge in [-0.1, -0.05) is 18.2 Å². The van der Waals surface area contributed by atoms with Crippen LogP contribution in [0.2, 0.25) is 0 Å². The molecule has 0 radical (unpaired) electrons. The van der Waals surface area contributed by atoms with Crippen molar-refractivity contribution < 1.29 is 14.7 Å². The predicted octanol–water partition coefficient (Wildman–Crippen LogP) is 2.93. The van der Waals surface area contributed by atoms with Gasteiger partial charge in [0.1, 0.15) is 5.60 Å². The summed E-state index contributed by atoms with van der Waals surface area (Å²) >= 11 is 1.46. The minimum Gasteiger partial charge on any atom is -0.383 e. The number of carbonyl (C=O) groups excluding carboxylic acids is 2. The maximum Gasteiger partial charge on any atom is 0.313 e. The second-order valence-corrected chi connectivity index (χ2v) is 8.08. The number of nitrogens with zero attached hydrogens (tertiary/aromatic N) is 1. The molecule has 28 heavy (non-hydrogen) atoms. The first-order valence-corrected chi connectivity index (χ1v) is 9.66. The number of fused-ring (bicyclic) bond motifs is 1. The van der Waals surface area contributed by atoms with Crippen LogP contribution in [0.25, 0.3) is 10.1 Å². The smallest absolute Gasteiger partial charge is 0.313 e. The number of aliphatic hydroxyl groups is 1. The zero-order valence-electron chi connectivity index (χ0n) is 16.0. The van der Waals surface area contributed by atoms with Crippen LogP contribution in [0.5, 0.6) is 0 Å². The van der Waals surface area contributed by atoms with Crippen LogP contribution in [0.3, 0.4) is 0 Å². The summed E-state index contributed by atoms with van der Waals surface area (Å²) in [5.74, 6) is -1.57. The predicted molar refractivity (Wildman–Crippen MR) is 114 cm³/mol. The van der Waals surface area contributed by atoms with Crippen molar-refractivity contribution in [2.45, 2.75) is 12.5 Å². The van der Waals surface area contributed by atoms with Crippen molar-refractivity contribution in [3.05, 3.63) is 59.5 Å². The highest BCUT2D eigenvalue weighted by Gasteiger charge is 2.27. The zero-order valence-corrected chi connectivity index (χ0v) is 16.8. The monoisotopic (exact) mass is 397 g/mol. The molecule has 3 N–H and O–H groups in total. The first-order chi connectivity index (χ1) is 13.3. The van der Waals surface area contributed by atoms with Gasteiger partial charge in [-0.15, -0.1) is 11.3 Å². The van der Waals surface area contributed by atoms with Crippen LogP contribution in [0.4, 0.5) is 11.4 Å². The highest BCUT2D eigenvalue weighted by Crippen LogP contribution is 2.32. The van der Waals surface area contributed by atoms with E-state index in [4.69, 9.17) is 0 Å². The molecule has 1 aromatic heterocycles. The Morgan fingerprint density at radius 2 is 1.75 bits per heavy atom. The summed E-state index contributed by atoms with van der Waals surface area (Å²) in [6.45, 7) is 1.56. The summed E-state index contributed by atoms with van der Waals surface area (Å²) in [6, 6.07) is 16.9. The van der Waals surface area contributed by atoms with Gasteiger partial charge in [-0.25, -0.2) is 0 Å². The molecule has 2 aromatic carbocycles. The molecule has 1 heterocycles. The van der Waals surface area contributed by atoms with E-state index in [-0.39, 0.29) is 6.54 Å². The Morgan fingerprint density at radius 3 is 2.39 bits per heavy atom. The third kappa shape index (κ3) is 4.49. The van der Waals surface area contributed by atoms with Crippen molar-refractivity contribution in [3.63, 3.8) is 0 Å². The number of thiophene rings is 1. The Balaban J connectivity index is 1.59. The third-order valence-corrected chi connectivity index (χ3v) is 5.77. The van der Waals surface area contributed by atoms with Gasteiger partial charge in [-0.3, -0.25) is 9.59 Å². The molecule has 2 amide bonds. The van der Waals surface area contributed by atoms with Crippen molar-refractivity contribution >= 4 is 44.6 Å². The molecule has 6 nitrogen and oxygen atoms in total. The molecule has 0 fully saturated rings. The Morgan fingerprint density at radius 1 is 1.07 bits per heavy atom. The maximum atomic E-state index is 12.1. The summed E-state index contributed by atoms with van der Waals surface area (Å²) in [7, 11) is 3.84. The highest BCUT2D eigenvalue weighted by atomic mass is 32.1. The van der Waals surface area contributed by atoms with Gasteiger partial charge in [-0.2, -0.15) is 0 Å². The molecule has 0 unspecified atom stereocenters. The molecule has 146 valence electrons. The molecule has 0 spiro atoms. The lowest BCUT2D eigenvalue weighted by Gasteiger charge is -2.22. The molecule has 3 rings (SSSR count). The Hall–Kier alpha value is -2.90. The first kappa shape index (κ1) is 19.9. The number of amides is 2. The lowest BCUT2D eigenvalue weighted by atomic mass is 10.0. The highest BCUT2D eigenvalue weighted by molar-refractivity contribution is 7.19. The quantitative estimate of drug-likeness (QED) is 0.578. The molecule has 3 aromatic rings. The standard InChI is InChI=1S/C21H23N3O3S/c1-21(27,18-12-14-6-4-5-7-17(14)28-18)13-22-19(25)20(26)23-15-8-10-16(11-9-15)24(2)3/h4-12,27H,13H2,1-3H3,(H,22,25)(H,23,26)/t21-/m1/s1. The maximum absolute atomic E-state index is 12.1. The SMILES string of the molecule is CN(C)c1ccc(NC(=O)C(=O)NC[C@@](C)(O)c2cc3ccccc3s2)cc1. The Kier molecular flexibility index (Phi) is 5.67. The number of nitrogens with one attached hydrogen (secondary N) is 2. The van der Waals surface area contributed by atoms with Crippen LogP contribution in [0.15, 0.2) is 54.6 Å². The number of rotatable bonds is 5. The van der Waals surface area contributed by atoms with Gasteiger partial charge in [0.2, 0.25) is 0 Å². The fraction of sp³-hybridized carbons (Fsp3) is 0.238. The van der Waals surface area contributed by atoms with Gasteiger partial charge in [0.25, 0.3) is 0 Å². The fourth-order valence-corrected chi connectivity index (χ4v) is 3.80. The van der Waals surface area contributed by atoms with E-state index in [9.17, 15) is 14.7 Å². The van der Waals surface area contributed by atoms with Gasteiger partial charge in [0.15, 0.2) is 0 Å². The van der Waals surface area contributed by atoms with Crippen LogP contribution in [-0.4, -0.2) is 37.6 Å². The lowest BCUT2D eigenvalue weighted by molar-refractivity contribution is -0.136. The molecule has 0 aliphatic heterocycles. The van der Waals surface area contributed by atoms with E-state index in [0.29, 0.717) is 5.69 Å². The third-order valence-electron chi connectivity index (χ3n) is 4.40. The van der Waals surface area contributed by atoms with Gasteiger partial charge < -0.3 is 20.6 Å². The van der Waals surface area contributed by atoms with Crippen LogP contribution >= 0.6 is 11.3 Å². The summed E-state index contributed by atoms with van der Waals surface area (Å²) in [5, 5.41) is 16.9. The second-order valence-electron chi connectivity index (χ2n) is 7.00. The number of anilines is 2. The fourth-order valence-electron chi connectivity index (χ4n) is 2.70. The summed E-state index contributed by atoms with van der Waals surface area (Å²) in [4.78, 5) is 26.9. The van der Waals surface area contributed by atoms with Gasteiger partial charge >= 0.3 is 11.8 Å². The number of hydrogen-bond acceptors (Lipinski definition) is 5. The normalized spacial score (nSPS) is 13.0. The molecular formula is C21H23N3O3S. The first-order valence-electron chi connectivity index (χ1n) is 8.84. The van der Waals surface area contributed by atoms with E-state index in [2.05, 4.69) is 10.6 Å². The minimum atomic E-state index is -1.27. The average Bonchev–Trinajstić information content (AvgIpc) is 3.12. The largest absolute Gasteiger partial charge is 0.383 e. The lowest BCUT2D eigenvalue weighted by Crippen LogP contribution is -2.42. The van der Waals surface area contributed by atoms with Crippen molar-refractivity contribution in [2.24, 2.45) is 0 Å². The van der Waals surface area contributed by atoms with Gasteiger partial charge in [0.05, 0.1) is 6.54 Å². The molecule has 0 saturated heterocycles. The van der Waals surface area contributed by atoms with Crippen LogP contribution in [0.1, 0.15) is 11.8 Å². The van der Waals surface area contributed by atoms with Crippen LogP contribution in [-0.2, 0) is 15.2 Å². The number of carbonyl (C=O) groups is 2. The molecule has 7 heteroatoms. The Labute approximate surface area is 167 Å².